The molecule has 0 aliphatic carbocycles. The lowest BCUT2D eigenvalue weighted by Gasteiger charge is -2.44. The molecule has 9 nitrogen and oxygen atoms in total. The lowest BCUT2D eigenvalue weighted by molar-refractivity contribution is -0.320. The van der Waals surface area contributed by atoms with Crippen LogP contribution in [0, 0.1) is 0 Å². The fourth-order valence-electron chi connectivity index (χ4n) is 4.19. The Kier molecular flexibility index (Phi) is 8.15. The van der Waals surface area contributed by atoms with Crippen molar-refractivity contribution in [1.82, 2.24) is 0 Å². The highest BCUT2D eigenvalue weighted by Crippen LogP contribution is 2.31. The molecule has 2 aliphatic heterocycles. The van der Waals surface area contributed by atoms with E-state index >= 15 is 0 Å². The molecule has 2 N–H and O–H groups in total. The summed E-state index contributed by atoms with van der Waals surface area (Å²) >= 11 is 0. The van der Waals surface area contributed by atoms with Crippen LogP contribution in [0.1, 0.15) is 47.4 Å². The van der Waals surface area contributed by atoms with Crippen LogP contribution >= 0.6 is 0 Å². The Morgan fingerprint density at radius 2 is 1.29 bits per heavy atom. The lowest BCUT2D eigenvalue weighted by atomic mass is 9.98. The molecular formula is C26H30O9. The predicted octanol–water partition coefficient (Wildman–Crippen LogP) is 2.45. The van der Waals surface area contributed by atoms with Crippen LogP contribution in [0.3, 0.4) is 0 Å². The van der Waals surface area contributed by atoms with E-state index in [1.54, 1.807) is 74.5 Å². The number of rotatable bonds is 6. The summed E-state index contributed by atoms with van der Waals surface area (Å²) in [6, 6.07) is 16.6. The summed E-state index contributed by atoms with van der Waals surface area (Å²) in [4.78, 5) is 25.7. The Hall–Kier alpha value is -2.82. The van der Waals surface area contributed by atoms with E-state index in [1.165, 1.54) is 0 Å². The third-order valence-corrected chi connectivity index (χ3v) is 6.17. The van der Waals surface area contributed by atoms with E-state index in [1.807, 2.05) is 0 Å². The van der Waals surface area contributed by atoms with Gasteiger partial charge >= 0.3 is 11.9 Å². The van der Waals surface area contributed by atoms with Gasteiger partial charge in [0.25, 0.3) is 0 Å². The first-order valence-corrected chi connectivity index (χ1v) is 11.7. The maximum atomic E-state index is 13.0. The molecule has 0 saturated carbocycles. The van der Waals surface area contributed by atoms with Gasteiger partial charge in [-0.2, -0.15) is 0 Å². The van der Waals surface area contributed by atoms with Gasteiger partial charge in [0, 0.05) is 6.42 Å². The van der Waals surface area contributed by atoms with Crippen LogP contribution in [0.4, 0.5) is 0 Å². The second-order valence-electron chi connectivity index (χ2n) is 8.72. The number of carbonyl (C=O) groups is 2. The normalized spacial score (nSPS) is 33.0. The second kappa shape index (κ2) is 11.3. The van der Waals surface area contributed by atoms with Crippen molar-refractivity contribution in [2.24, 2.45) is 0 Å². The van der Waals surface area contributed by atoms with Gasteiger partial charge in [0.15, 0.2) is 24.8 Å². The van der Waals surface area contributed by atoms with Gasteiger partial charge in [-0.05, 0) is 44.5 Å². The number of hydrogen-bond donors (Lipinski definition) is 2. The van der Waals surface area contributed by atoms with E-state index < -0.39 is 61.1 Å². The van der Waals surface area contributed by atoms with Gasteiger partial charge in [-0.3, -0.25) is 0 Å². The first-order valence-electron chi connectivity index (χ1n) is 11.7. The molecule has 0 spiro atoms. The third-order valence-electron chi connectivity index (χ3n) is 6.17. The first-order chi connectivity index (χ1) is 16.8. The summed E-state index contributed by atoms with van der Waals surface area (Å²) < 4.78 is 28.9. The van der Waals surface area contributed by atoms with E-state index in [2.05, 4.69) is 0 Å². The van der Waals surface area contributed by atoms with Crippen LogP contribution in [0.15, 0.2) is 60.7 Å². The van der Waals surface area contributed by atoms with Crippen molar-refractivity contribution in [2.75, 3.05) is 0 Å². The number of aliphatic hydroxyl groups is 2. The van der Waals surface area contributed by atoms with Crippen molar-refractivity contribution in [2.45, 2.75) is 75.9 Å². The molecule has 188 valence electrons. The molecule has 0 radical (unpaired) electrons. The van der Waals surface area contributed by atoms with Gasteiger partial charge in [0.05, 0.1) is 29.4 Å². The highest BCUT2D eigenvalue weighted by Gasteiger charge is 2.50. The average Bonchev–Trinajstić information content (AvgIpc) is 2.86. The first kappa shape index (κ1) is 25.3. The molecule has 0 bridgehead atoms. The van der Waals surface area contributed by atoms with Crippen LogP contribution in [0.2, 0.25) is 0 Å². The second-order valence-corrected chi connectivity index (χ2v) is 8.72. The van der Waals surface area contributed by atoms with Crippen molar-refractivity contribution >= 4 is 11.9 Å². The maximum absolute atomic E-state index is 13.0. The third kappa shape index (κ3) is 6.06. The van der Waals surface area contributed by atoms with Gasteiger partial charge in [0.2, 0.25) is 0 Å². The Balaban J connectivity index is 1.59. The van der Waals surface area contributed by atoms with Crippen LogP contribution in [-0.4, -0.2) is 71.4 Å². The van der Waals surface area contributed by atoms with E-state index in [0.717, 1.165) is 0 Å². The van der Waals surface area contributed by atoms with Gasteiger partial charge in [0.1, 0.15) is 6.10 Å². The van der Waals surface area contributed by atoms with Crippen molar-refractivity contribution in [3.05, 3.63) is 71.8 Å². The zero-order valence-corrected chi connectivity index (χ0v) is 19.6. The molecular weight excluding hydrogens is 456 g/mol. The molecule has 8 atom stereocenters. The zero-order valence-electron chi connectivity index (χ0n) is 19.6. The minimum absolute atomic E-state index is 0.266. The molecule has 0 amide bonds. The van der Waals surface area contributed by atoms with Crippen molar-refractivity contribution < 1.29 is 43.5 Å². The average molecular weight is 487 g/mol. The summed E-state index contributed by atoms with van der Waals surface area (Å²) in [6.07, 6.45) is -6.64. The lowest BCUT2D eigenvalue weighted by Crippen LogP contribution is -2.61. The molecule has 2 fully saturated rings. The molecule has 9 heteroatoms. The van der Waals surface area contributed by atoms with Crippen molar-refractivity contribution in [3.63, 3.8) is 0 Å². The summed E-state index contributed by atoms with van der Waals surface area (Å²) in [5.41, 5.74) is 0.557. The van der Waals surface area contributed by atoms with Crippen molar-refractivity contribution in [1.29, 1.82) is 0 Å². The molecule has 2 heterocycles. The van der Waals surface area contributed by atoms with Gasteiger partial charge < -0.3 is 33.9 Å². The summed E-state index contributed by atoms with van der Waals surface area (Å²) in [7, 11) is 0. The van der Waals surface area contributed by atoms with Crippen LogP contribution in [-0.2, 0) is 23.7 Å². The van der Waals surface area contributed by atoms with E-state index in [0.29, 0.717) is 18.4 Å². The van der Waals surface area contributed by atoms with Crippen molar-refractivity contribution in [3.8, 4) is 0 Å². The number of carbonyl (C=O) groups excluding carboxylic acids is 2. The van der Waals surface area contributed by atoms with E-state index in [4.69, 9.17) is 23.7 Å². The minimum Gasteiger partial charge on any atom is -0.452 e. The fraction of sp³-hybridized carbons (Fsp3) is 0.462. The quantitative estimate of drug-likeness (QED) is 0.593. The van der Waals surface area contributed by atoms with Gasteiger partial charge in [-0.15, -0.1) is 0 Å². The zero-order chi connectivity index (χ0) is 24.9. The Morgan fingerprint density at radius 3 is 1.83 bits per heavy atom. The Labute approximate surface area is 203 Å². The number of benzene rings is 2. The molecule has 0 aromatic heterocycles. The number of hydrogen-bond acceptors (Lipinski definition) is 9. The maximum Gasteiger partial charge on any atom is 0.338 e. The number of aliphatic hydroxyl groups excluding tert-OH is 2. The van der Waals surface area contributed by atoms with E-state index in [9.17, 15) is 19.8 Å². The summed E-state index contributed by atoms with van der Waals surface area (Å²) in [5, 5.41) is 20.6. The van der Waals surface area contributed by atoms with Crippen LogP contribution in [0.25, 0.3) is 0 Å². The Morgan fingerprint density at radius 1 is 0.743 bits per heavy atom. The standard InChI is InChI=1S/C26H30O9/c1-15-19(27)13-14-20(31-15)33-21-16(2)32-26(30)23(35-25(29)18-11-7-4-8-12-18)22(21)34-24(28)17-9-5-3-6-10-17/h3-12,15-16,19-23,26-27,30H,13-14H2,1-2H3/t15-,16-,19-,20+,21-,22+,23+,26+/m0/s1. The number of esters is 2. The topological polar surface area (TPSA) is 121 Å². The molecule has 35 heavy (non-hydrogen) atoms. The highest BCUT2D eigenvalue weighted by molar-refractivity contribution is 5.90. The minimum atomic E-state index is -1.56. The largest absolute Gasteiger partial charge is 0.452 e. The predicted molar refractivity (Wildman–Crippen MR) is 122 cm³/mol. The van der Waals surface area contributed by atoms with Crippen LogP contribution < -0.4 is 0 Å². The smallest absolute Gasteiger partial charge is 0.338 e. The monoisotopic (exact) mass is 486 g/mol. The number of ether oxygens (including phenoxy) is 5. The molecule has 2 saturated heterocycles. The molecule has 2 aromatic rings. The Bertz CT molecular complexity index is 983. The highest BCUT2D eigenvalue weighted by atomic mass is 16.7. The fourth-order valence-corrected chi connectivity index (χ4v) is 4.19. The SMILES string of the molecule is C[C@@H]1O[C@@H](O)[C@H](OC(=O)c2ccccc2)[C@H](OC(=O)c2ccccc2)[C@H]1O[C@@H]1CC[C@H](O)[C@H](C)O1. The molecule has 0 unspecified atom stereocenters. The molecule has 2 aromatic carbocycles. The molecule has 4 rings (SSSR count). The summed E-state index contributed by atoms with van der Waals surface area (Å²) in [5.74, 6) is -1.38. The van der Waals surface area contributed by atoms with Gasteiger partial charge in [-0.1, -0.05) is 36.4 Å². The summed E-state index contributed by atoms with van der Waals surface area (Å²) in [6.45, 7) is 3.40. The molecule has 2 aliphatic rings. The van der Waals surface area contributed by atoms with Gasteiger partial charge in [-0.25, -0.2) is 9.59 Å². The van der Waals surface area contributed by atoms with E-state index in [-0.39, 0.29) is 5.56 Å². The van der Waals surface area contributed by atoms with Crippen LogP contribution in [0.5, 0.6) is 0 Å².